The SMILES string of the molecule is C=C(C)c1cc(Oc2ccc(OC(F)(F)F)cc2OC)c(C(=O)OC)cn1.COC(=O)c1cnc(C(C)=O)cc1Oc1ccc(OC(F)(F)F)cc1OC. The third-order valence-electron chi connectivity index (χ3n) is 6.52. The summed E-state index contributed by atoms with van der Waals surface area (Å²) in [4.78, 5) is 43.2. The van der Waals surface area contributed by atoms with Crippen LogP contribution in [0.25, 0.3) is 5.57 Å². The summed E-state index contributed by atoms with van der Waals surface area (Å²) in [6.07, 6.45) is -7.34. The minimum absolute atomic E-state index is 0.0159. The van der Waals surface area contributed by atoms with E-state index in [0.29, 0.717) is 11.3 Å². The van der Waals surface area contributed by atoms with E-state index in [9.17, 15) is 40.7 Å². The molecule has 2 aromatic carbocycles. The van der Waals surface area contributed by atoms with Crippen LogP contribution in [0.5, 0.6) is 46.0 Å². The van der Waals surface area contributed by atoms with Crippen molar-refractivity contribution in [2.45, 2.75) is 26.6 Å². The summed E-state index contributed by atoms with van der Waals surface area (Å²) in [6.45, 7) is 6.75. The molecule has 0 N–H and O–H groups in total. The Balaban J connectivity index is 0.000000290. The standard InChI is InChI=1S/C18H16F3NO5.C17H14F3NO6/c1-10(2)13-8-15(12(9-22-13)17(23)25-4)26-14-6-5-11(7-16(14)24-3)27-18(19,20)21;1-9(22)12-7-14(11(8-21-12)16(23)25-3)26-13-5-4-10(6-15(13)24-2)27-17(18,19)20/h5-9H,1H2,2-4H3;4-8H,1-3H3. The van der Waals surface area contributed by atoms with Crippen molar-refractivity contribution in [3.8, 4) is 46.0 Å². The fourth-order valence-electron chi connectivity index (χ4n) is 4.09. The van der Waals surface area contributed by atoms with E-state index in [4.69, 9.17) is 18.9 Å². The molecule has 0 aliphatic heterocycles. The summed E-state index contributed by atoms with van der Waals surface area (Å²) in [5.41, 5.74) is 1.06. The van der Waals surface area contributed by atoms with E-state index < -0.39 is 36.2 Å². The predicted octanol–water partition coefficient (Wildman–Crippen LogP) is 8.37. The number of rotatable bonds is 12. The van der Waals surface area contributed by atoms with Gasteiger partial charge in [-0.1, -0.05) is 6.58 Å². The molecule has 19 heteroatoms. The van der Waals surface area contributed by atoms with E-state index in [1.54, 1.807) is 6.92 Å². The molecule has 4 rings (SSSR count). The van der Waals surface area contributed by atoms with Gasteiger partial charge in [0.25, 0.3) is 0 Å². The molecular formula is C35H30F6N2O11. The Morgan fingerprint density at radius 3 is 1.30 bits per heavy atom. The molecule has 0 amide bonds. The van der Waals surface area contributed by atoms with Gasteiger partial charge in [-0.05, 0) is 36.8 Å². The molecule has 54 heavy (non-hydrogen) atoms. The molecule has 2 heterocycles. The molecule has 0 unspecified atom stereocenters. The van der Waals surface area contributed by atoms with E-state index >= 15 is 0 Å². The van der Waals surface area contributed by atoms with Crippen LogP contribution in [0.4, 0.5) is 26.3 Å². The first kappa shape index (κ1) is 41.9. The molecule has 0 bridgehead atoms. The van der Waals surface area contributed by atoms with Crippen molar-refractivity contribution in [3.63, 3.8) is 0 Å². The minimum atomic E-state index is -4.87. The Hall–Kier alpha value is -6.53. The lowest BCUT2D eigenvalue weighted by Gasteiger charge is -2.15. The van der Waals surface area contributed by atoms with Crippen molar-refractivity contribution in [1.29, 1.82) is 0 Å². The number of ketones is 1. The number of carbonyl (C=O) groups is 3. The largest absolute Gasteiger partial charge is 0.573 e. The van der Waals surface area contributed by atoms with Crippen molar-refractivity contribution in [3.05, 3.63) is 90.0 Å². The normalized spacial score (nSPS) is 10.9. The van der Waals surface area contributed by atoms with Gasteiger partial charge in [-0.3, -0.25) is 14.8 Å². The maximum atomic E-state index is 12.4. The molecule has 0 spiro atoms. The third-order valence-corrected chi connectivity index (χ3v) is 6.52. The lowest BCUT2D eigenvalue weighted by Crippen LogP contribution is -2.17. The summed E-state index contributed by atoms with van der Waals surface area (Å²) in [7, 11) is 4.82. The zero-order valence-electron chi connectivity index (χ0n) is 29.1. The lowest BCUT2D eigenvalue weighted by atomic mass is 10.1. The fourth-order valence-corrected chi connectivity index (χ4v) is 4.09. The van der Waals surface area contributed by atoms with Crippen LogP contribution in [0.15, 0.2) is 67.5 Å². The molecule has 2 aromatic heterocycles. The molecule has 0 fully saturated rings. The number of carbonyl (C=O) groups excluding carboxylic acids is 3. The van der Waals surface area contributed by atoms with E-state index in [-0.39, 0.29) is 57.1 Å². The Bertz CT molecular complexity index is 1870. The highest BCUT2D eigenvalue weighted by Crippen LogP contribution is 2.39. The molecule has 0 radical (unpaired) electrons. The van der Waals surface area contributed by atoms with E-state index in [1.807, 2.05) is 0 Å². The van der Waals surface area contributed by atoms with Gasteiger partial charge in [-0.2, -0.15) is 0 Å². The van der Waals surface area contributed by atoms with Crippen molar-refractivity contribution >= 4 is 23.3 Å². The number of nitrogens with zero attached hydrogens (tertiary/aromatic N) is 2. The zero-order chi connectivity index (χ0) is 40.4. The van der Waals surface area contributed by atoms with Gasteiger partial charge < -0.3 is 37.9 Å². The monoisotopic (exact) mass is 768 g/mol. The minimum Gasteiger partial charge on any atom is -0.493 e. The average molecular weight is 769 g/mol. The maximum Gasteiger partial charge on any atom is 0.573 e. The summed E-state index contributed by atoms with van der Waals surface area (Å²) in [5, 5.41) is 0. The molecular weight excluding hydrogens is 738 g/mol. The van der Waals surface area contributed by atoms with Gasteiger partial charge in [0.1, 0.15) is 39.8 Å². The number of alkyl halides is 6. The van der Waals surface area contributed by atoms with Crippen molar-refractivity contribution in [2.24, 2.45) is 0 Å². The van der Waals surface area contributed by atoms with Crippen LogP contribution in [0, 0.1) is 0 Å². The number of aromatic nitrogens is 2. The van der Waals surface area contributed by atoms with Crippen LogP contribution < -0.4 is 28.4 Å². The number of Topliss-reactive ketones (excluding diaryl/α,β-unsaturated/α-hetero) is 1. The molecule has 13 nitrogen and oxygen atoms in total. The number of pyridine rings is 2. The molecule has 288 valence electrons. The summed E-state index contributed by atoms with van der Waals surface area (Å²) in [5.74, 6) is -2.90. The second-order valence-electron chi connectivity index (χ2n) is 10.4. The summed E-state index contributed by atoms with van der Waals surface area (Å²) < 4.78 is 112. The first-order valence-corrected chi connectivity index (χ1v) is 14.9. The van der Waals surface area contributed by atoms with Crippen LogP contribution in [-0.2, 0) is 9.47 Å². The number of ether oxygens (including phenoxy) is 8. The van der Waals surface area contributed by atoms with E-state index in [2.05, 4.69) is 35.5 Å². The highest BCUT2D eigenvalue weighted by molar-refractivity contribution is 5.96. The molecule has 0 saturated heterocycles. The Morgan fingerprint density at radius 2 is 0.963 bits per heavy atom. The fraction of sp³-hybridized carbons (Fsp3) is 0.229. The number of halogens is 6. The van der Waals surface area contributed by atoms with E-state index in [1.165, 1.54) is 52.6 Å². The van der Waals surface area contributed by atoms with Crippen molar-refractivity contribution in [2.75, 3.05) is 28.4 Å². The first-order valence-electron chi connectivity index (χ1n) is 14.9. The highest BCUT2D eigenvalue weighted by Gasteiger charge is 2.32. The second-order valence-corrected chi connectivity index (χ2v) is 10.4. The molecule has 0 saturated carbocycles. The second kappa shape index (κ2) is 17.8. The van der Waals surface area contributed by atoms with Crippen LogP contribution in [0.3, 0.4) is 0 Å². The van der Waals surface area contributed by atoms with Gasteiger partial charge >= 0.3 is 24.7 Å². The van der Waals surface area contributed by atoms with Gasteiger partial charge in [0.05, 0.1) is 34.1 Å². The highest BCUT2D eigenvalue weighted by atomic mass is 19.4. The molecule has 4 aromatic rings. The van der Waals surface area contributed by atoms with Gasteiger partial charge in [-0.25, -0.2) is 9.59 Å². The van der Waals surface area contributed by atoms with Crippen molar-refractivity contribution in [1.82, 2.24) is 9.97 Å². The number of esters is 2. The summed E-state index contributed by atoms with van der Waals surface area (Å²) in [6, 6.07) is 9.12. The number of allylic oxidation sites excluding steroid dienone is 1. The van der Waals surface area contributed by atoms with Gasteiger partial charge in [0.15, 0.2) is 28.8 Å². The van der Waals surface area contributed by atoms with Crippen LogP contribution >= 0.6 is 0 Å². The molecule has 0 aliphatic carbocycles. The Morgan fingerprint density at radius 1 is 0.574 bits per heavy atom. The van der Waals surface area contributed by atoms with Gasteiger partial charge in [0.2, 0.25) is 0 Å². The third kappa shape index (κ3) is 11.8. The Labute approximate surface area is 302 Å². The number of hydrogen-bond acceptors (Lipinski definition) is 13. The van der Waals surface area contributed by atoms with Crippen molar-refractivity contribution < 1.29 is 78.6 Å². The number of methoxy groups -OCH3 is 4. The quantitative estimate of drug-likeness (QED) is 0.0772. The average Bonchev–Trinajstić information content (AvgIpc) is 3.11. The predicted molar refractivity (Wildman–Crippen MR) is 175 cm³/mol. The zero-order valence-corrected chi connectivity index (χ0v) is 29.1. The topological polar surface area (TPSA) is 151 Å². The smallest absolute Gasteiger partial charge is 0.493 e. The number of benzene rings is 2. The Kier molecular flexibility index (Phi) is 13.8. The van der Waals surface area contributed by atoms with Crippen LogP contribution in [0.1, 0.15) is 50.7 Å². The van der Waals surface area contributed by atoms with Gasteiger partial charge in [-0.15, -0.1) is 26.3 Å². The molecule has 0 atom stereocenters. The van der Waals surface area contributed by atoms with Gasteiger partial charge in [0, 0.05) is 43.6 Å². The van der Waals surface area contributed by atoms with Crippen LogP contribution in [0.2, 0.25) is 0 Å². The molecule has 0 aliphatic rings. The summed E-state index contributed by atoms with van der Waals surface area (Å²) >= 11 is 0. The van der Waals surface area contributed by atoms with E-state index in [0.717, 1.165) is 43.6 Å². The maximum absolute atomic E-state index is 12.4. The lowest BCUT2D eigenvalue weighted by molar-refractivity contribution is -0.275. The number of hydrogen-bond donors (Lipinski definition) is 0. The van der Waals surface area contributed by atoms with Crippen LogP contribution in [-0.4, -0.2) is 68.9 Å². The first-order chi connectivity index (χ1) is 25.3.